The van der Waals surface area contributed by atoms with Crippen molar-refractivity contribution in [2.24, 2.45) is 10.4 Å². The number of halogens is 1. The van der Waals surface area contributed by atoms with Crippen LogP contribution in [0.1, 0.15) is 20.8 Å². The average Bonchev–Trinajstić information content (AvgIpc) is 2.66. The molecule has 0 spiro atoms. The topological polar surface area (TPSA) is 69.6 Å². The van der Waals surface area contributed by atoms with Crippen LogP contribution in [0.15, 0.2) is 4.99 Å². The molecule has 2 fully saturated rings. The number of rotatable bonds is 5. The minimum atomic E-state index is 0. The fourth-order valence-corrected chi connectivity index (χ4v) is 3.48. The summed E-state index contributed by atoms with van der Waals surface area (Å²) < 4.78 is 10.9. The second-order valence-electron chi connectivity index (χ2n) is 8.27. The number of guanidine groups is 1. The third kappa shape index (κ3) is 7.64. The number of nitrogens with zero attached hydrogens (tertiary/aromatic N) is 4. The van der Waals surface area contributed by atoms with E-state index in [2.05, 4.69) is 40.9 Å². The van der Waals surface area contributed by atoms with Gasteiger partial charge < -0.3 is 24.6 Å². The first-order chi connectivity index (χ1) is 12.8. The summed E-state index contributed by atoms with van der Waals surface area (Å²) in [4.78, 5) is 23.2. The Kier molecular flexibility index (Phi) is 11.0. The number of nitrogens with one attached hydrogen (secondary N) is 1. The van der Waals surface area contributed by atoms with E-state index in [1.807, 2.05) is 11.9 Å². The molecule has 1 atom stereocenters. The van der Waals surface area contributed by atoms with Gasteiger partial charge in [0.25, 0.3) is 0 Å². The van der Waals surface area contributed by atoms with Crippen LogP contribution in [-0.2, 0) is 14.3 Å². The summed E-state index contributed by atoms with van der Waals surface area (Å²) in [7, 11) is 3.57. The van der Waals surface area contributed by atoms with Crippen molar-refractivity contribution in [1.29, 1.82) is 0 Å². The Hall–Kier alpha value is -0.650. The number of amides is 1. The van der Waals surface area contributed by atoms with Crippen molar-refractivity contribution in [3.05, 3.63) is 0 Å². The van der Waals surface area contributed by atoms with Gasteiger partial charge in [0.2, 0.25) is 5.91 Å². The van der Waals surface area contributed by atoms with Crippen LogP contribution in [0, 0.1) is 5.41 Å². The zero-order valence-electron chi connectivity index (χ0n) is 18.1. The van der Waals surface area contributed by atoms with Crippen molar-refractivity contribution in [1.82, 2.24) is 20.0 Å². The van der Waals surface area contributed by atoms with Gasteiger partial charge in [0.15, 0.2) is 5.96 Å². The van der Waals surface area contributed by atoms with Crippen molar-refractivity contribution >= 4 is 35.8 Å². The highest BCUT2D eigenvalue weighted by atomic mass is 127. The van der Waals surface area contributed by atoms with Crippen LogP contribution in [0.25, 0.3) is 0 Å². The van der Waals surface area contributed by atoms with Gasteiger partial charge in [-0.05, 0) is 5.41 Å². The van der Waals surface area contributed by atoms with Crippen LogP contribution in [0.2, 0.25) is 0 Å². The number of carbonyl (C=O) groups is 1. The second-order valence-corrected chi connectivity index (χ2v) is 8.27. The molecule has 0 bridgehead atoms. The van der Waals surface area contributed by atoms with E-state index in [-0.39, 0.29) is 41.4 Å². The van der Waals surface area contributed by atoms with E-state index < -0.39 is 0 Å². The number of morpholine rings is 1. The zero-order chi connectivity index (χ0) is 19.9. The maximum absolute atomic E-state index is 12.4. The van der Waals surface area contributed by atoms with Crippen molar-refractivity contribution in [3.63, 3.8) is 0 Å². The van der Waals surface area contributed by atoms with Crippen molar-refractivity contribution in [3.8, 4) is 0 Å². The molecule has 0 aromatic rings. The van der Waals surface area contributed by atoms with E-state index in [0.29, 0.717) is 32.8 Å². The summed E-state index contributed by atoms with van der Waals surface area (Å²) in [6, 6.07) is 0. The lowest BCUT2D eigenvalue weighted by Gasteiger charge is -2.38. The molecule has 164 valence electrons. The largest absolute Gasteiger partial charge is 0.379 e. The quantitative estimate of drug-likeness (QED) is 0.334. The predicted molar refractivity (Wildman–Crippen MR) is 122 cm³/mol. The minimum absolute atomic E-state index is 0. The average molecular weight is 511 g/mol. The number of hydrogen-bond acceptors (Lipinski definition) is 5. The van der Waals surface area contributed by atoms with Crippen LogP contribution in [-0.4, -0.2) is 112 Å². The van der Waals surface area contributed by atoms with Gasteiger partial charge in [0, 0.05) is 60.0 Å². The van der Waals surface area contributed by atoms with E-state index in [1.165, 1.54) is 0 Å². The van der Waals surface area contributed by atoms with Gasteiger partial charge in [0.1, 0.15) is 0 Å². The minimum Gasteiger partial charge on any atom is -0.379 e. The summed E-state index contributed by atoms with van der Waals surface area (Å²) in [5.41, 5.74) is 0.0686. The Morgan fingerprint density at radius 2 is 1.71 bits per heavy atom. The molecule has 1 unspecified atom stereocenters. The molecule has 1 N–H and O–H groups in total. The molecule has 2 saturated heterocycles. The Morgan fingerprint density at radius 1 is 1.11 bits per heavy atom. The molecule has 2 aliphatic rings. The summed E-state index contributed by atoms with van der Waals surface area (Å²) in [5, 5.41) is 3.45. The lowest BCUT2D eigenvalue weighted by molar-refractivity contribution is -0.136. The van der Waals surface area contributed by atoms with Gasteiger partial charge in [-0.3, -0.25) is 14.7 Å². The molecule has 2 aliphatic heterocycles. The highest BCUT2D eigenvalue weighted by molar-refractivity contribution is 14.0. The summed E-state index contributed by atoms with van der Waals surface area (Å²) in [6.45, 7) is 13.9. The lowest BCUT2D eigenvalue weighted by Crippen LogP contribution is -2.55. The molecular formula is C19H38IN5O3. The molecular weight excluding hydrogens is 473 g/mol. The fourth-order valence-electron chi connectivity index (χ4n) is 3.48. The molecule has 9 heteroatoms. The Morgan fingerprint density at radius 3 is 2.21 bits per heavy atom. The van der Waals surface area contributed by atoms with Gasteiger partial charge in [-0.25, -0.2) is 0 Å². The number of piperazine rings is 1. The Labute approximate surface area is 187 Å². The van der Waals surface area contributed by atoms with Crippen molar-refractivity contribution in [2.45, 2.75) is 26.9 Å². The SMILES string of the molecule is CN=C(NCC(OC)C(C)(C)C)N1CCN(CC(=O)N2CCOCC2)CC1.I. The number of carbonyl (C=O) groups excluding carboxylic acids is 1. The molecule has 0 aromatic heterocycles. The smallest absolute Gasteiger partial charge is 0.236 e. The van der Waals surface area contributed by atoms with Gasteiger partial charge in [0.05, 0.1) is 25.9 Å². The number of methoxy groups -OCH3 is 1. The van der Waals surface area contributed by atoms with E-state index in [1.54, 1.807) is 7.11 Å². The highest BCUT2D eigenvalue weighted by Gasteiger charge is 2.27. The molecule has 28 heavy (non-hydrogen) atoms. The third-order valence-corrected chi connectivity index (χ3v) is 5.30. The highest BCUT2D eigenvalue weighted by Crippen LogP contribution is 2.21. The summed E-state index contributed by atoms with van der Waals surface area (Å²) in [6.07, 6.45) is 0.113. The molecule has 0 aromatic carbocycles. The van der Waals surface area contributed by atoms with E-state index in [4.69, 9.17) is 9.47 Å². The van der Waals surface area contributed by atoms with Gasteiger partial charge >= 0.3 is 0 Å². The fraction of sp³-hybridized carbons (Fsp3) is 0.895. The first-order valence-corrected chi connectivity index (χ1v) is 9.91. The van der Waals surface area contributed by atoms with Crippen molar-refractivity contribution in [2.75, 3.05) is 79.7 Å². The summed E-state index contributed by atoms with van der Waals surface area (Å²) >= 11 is 0. The molecule has 8 nitrogen and oxygen atoms in total. The van der Waals surface area contributed by atoms with Crippen LogP contribution in [0.5, 0.6) is 0 Å². The maximum atomic E-state index is 12.4. The molecule has 0 saturated carbocycles. The number of ether oxygens (including phenoxy) is 2. The molecule has 2 heterocycles. The third-order valence-electron chi connectivity index (χ3n) is 5.30. The van der Waals surface area contributed by atoms with Crippen LogP contribution < -0.4 is 5.32 Å². The van der Waals surface area contributed by atoms with E-state index in [9.17, 15) is 4.79 Å². The molecule has 0 aliphatic carbocycles. The van der Waals surface area contributed by atoms with Gasteiger partial charge in [-0.1, -0.05) is 20.8 Å². The van der Waals surface area contributed by atoms with Gasteiger partial charge in [-0.2, -0.15) is 0 Å². The van der Waals surface area contributed by atoms with E-state index in [0.717, 1.165) is 38.7 Å². The zero-order valence-corrected chi connectivity index (χ0v) is 20.4. The molecule has 1 amide bonds. The van der Waals surface area contributed by atoms with Gasteiger partial charge in [-0.15, -0.1) is 24.0 Å². The van der Waals surface area contributed by atoms with E-state index >= 15 is 0 Å². The Balaban J connectivity index is 0.00000392. The van der Waals surface area contributed by atoms with Crippen LogP contribution in [0.3, 0.4) is 0 Å². The predicted octanol–water partition coefficient (Wildman–Crippen LogP) is 0.717. The van der Waals surface area contributed by atoms with Crippen LogP contribution >= 0.6 is 24.0 Å². The van der Waals surface area contributed by atoms with Crippen LogP contribution in [0.4, 0.5) is 0 Å². The Bertz CT molecular complexity index is 498. The summed E-state index contributed by atoms with van der Waals surface area (Å²) in [5.74, 6) is 1.11. The first kappa shape index (κ1) is 25.4. The standard InChI is InChI=1S/C19H37N5O3.HI/c1-19(2,3)16(26-5)14-21-18(20-4)24-8-6-22(7-9-24)15-17(25)23-10-12-27-13-11-23;/h16H,6-15H2,1-5H3,(H,20,21);1H. The monoisotopic (exact) mass is 511 g/mol. The molecule has 2 rings (SSSR count). The maximum Gasteiger partial charge on any atom is 0.236 e. The normalized spacial score (nSPS) is 20.5. The first-order valence-electron chi connectivity index (χ1n) is 9.91. The van der Waals surface area contributed by atoms with Crippen molar-refractivity contribution < 1.29 is 14.3 Å². The lowest BCUT2D eigenvalue weighted by atomic mass is 9.89. The second kappa shape index (κ2) is 12.1. The number of aliphatic imine (C=N–C) groups is 1. The number of hydrogen-bond donors (Lipinski definition) is 1. The molecule has 0 radical (unpaired) electrons.